The van der Waals surface area contributed by atoms with Crippen LogP contribution >= 0.6 is 0 Å². The first-order valence-electron chi connectivity index (χ1n) is 8.20. The Hall–Kier alpha value is -2.62. The van der Waals surface area contributed by atoms with Crippen molar-refractivity contribution < 1.29 is 9.59 Å². The number of hydrogen-bond acceptors (Lipinski definition) is 2. The highest BCUT2D eigenvalue weighted by atomic mass is 16.2. The summed E-state index contributed by atoms with van der Waals surface area (Å²) in [6.45, 7) is 4.39. The molecule has 0 fully saturated rings. The van der Waals surface area contributed by atoms with Crippen LogP contribution in [0.15, 0.2) is 54.6 Å². The highest BCUT2D eigenvalue weighted by Gasteiger charge is 2.21. The Labute approximate surface area is 143 Å². The minimum absolute atomic E-state index is 0.211. The van der Waals surface area contributed by atoms with Crippen LogP contribution in [0, 0.1) is 0 Å². The van der Waals surface area contributed by atoms with Gasteiger partial charge in [0.05, 0.1) is 6.04 Å². The summed E-state index contributed by atoms with van der Waals surface area (Å²) in [4.78, 5) is 25.8. The molecule has 0 aliphatic heterocycles. The van der Waals surface area contributed by atoms with Gasteiger partial charge in [-0.2, -0.15) is 0 Å². The topological polar surface area (TPSA) is 49.4 Å². The number of aryl methyl sites for hydroxylation is 1. The van der Waals surface area contributed by atoms with Crippen LogP contribution in [0.25, 0.3) is 0 Å². The average Bonchev–Trinajstić information content (AvgIpc) is 2.61. The van der Waals surface area contributed by atoms with Gasteiger partial charge in [0.2, 0.25) is 0 Å². The van der Waals surface area contributed by atoms with Crippen molar-refractivity contribution in [3.8, 4) is 0 Å². The largest absolute Gasteiger partial charge is 0.341 e. The van der Waals surface area contributed by atoms with Crippen LogP contribution in [-0.2, 0) is 22.6 Å². The van der Waals surface area contributed by atoms with E-state index in [0.717, 1.165) is 17.5 Å². The van der Waals surface area contributed by atoms with Gasteiger partial charge in [0.15, 0.2) is 0 Å². The zero-order chi connectivity index (χ0) is 17.5. The van der Waals surface area contributed by atoms with Crippen LogP contribution in [0.2, 0.25) is 0 Å². The molecule has 24 heavy (non-hydrogen) atoms. The van der Waals surface area contributed by atoms with Gasteiger partial charge in [-0.25, -0.2) is 0 Å². The van der Waals surface area contributed by atoms with E-state index in [0.29, 0.717) is 6.54 Å². The van der Waals surface area contributed by atoms with Crippen molar-refractivity contribution in [1.82, 2.24) is 10.2 Å². The molecule has 0 aliphatic rings. The van der Waals surface area contributed by atoms with Crippen LogP contribution in [0.5, 0.6) is 0 Å². The van der Waals surface area contributed by atoms with Gasteiger partial charge in [-0.15, -0.1) is 0 Å². The third-order valence-corrected chi connectivity index (χ3v) is 4.04. The molecule has 1 atom stereocenters. The number of amides is 2. The lowest BCUT2D eigenvalue weighted by Gasteiger charge is -2.19. The molecule has 2 rings (SSSR count). The fourth-order valence-corrected chi connectivity index (χ4v) is 2.49. The number of carbonyl (C=O) groups excluding carboxylic acids is 2. The Balaban J connectivity index is 1.93. The Bertz CT molecular complexity index is 681. The highest BCUT2D eigenvalue weighted by molar-refractivity contribution is 6.34. The van der Waals surface area contributed by atoms with E-state index < -0.39 is 11.8 Å². The fourth-order valence-electron chi connectivity index (χ4n) is 2.49. The molecular formula is C20H24N2O2. The first-order chi connectivity index (χ1) is 11.5. The number of benzene rings is 2. The first-order valence-corrected chi connectivity index (χ1v) is 8.20. The lowest BCUT2D eigenvalue weighted by Crippen LogP contribution is -2.41. The second-order valence-corrected chi connectivity index (χ2v) is 5.94. The summed E-state index contributed by atoms with van der Waals surface area (Å²) in [5, 5.41) is 2.77. The number of likely N-dealkylation sites (N-methyl/N-ethyl adjacent to an activating group) is 1. The molecule has 0 radical (unpaired) electrons. The van der Waals surface area contributed by atoms with Gasteiger partial charge in [-0.05, 0) is 30.0 Å². The molecule has 4 heteroatoms. The molecule has 0 saturated carbocycles. The number of nitrogens with one attached hydrogen (secondary N) is 1. The van der Waals surface area contributed by atoms with Crippen molar-refractivity contribution in [2.75, 3.05) is 7.05 Å². The maximum atomic E-state index is 12.2. The molecule has 2 amide bonds. The molecule has 4 nitrogen and oxygen atoms in total. The number of carbonyl (C=O) groups is 2. The fraction of sp³-hybridized carbons (Fsp3) is 0.300. The molecule has 0 spiro atoms. The van der Waals surface area contributed by atoms with E-state index in [2.05, 4.69) is 12.2 Å². The first kappa shape index (κ1) is 17.7. The molecule has 126 valence electrons. The molecule has 0 aromatic heterocycles. The van der Waals surface area contributed by atoms with Crippen molar-refractivity contribution in [3.05, 3.63) is 71.3 Å². The van der Waals surface area contributed by atoms with Crippen LogP contribution in [0.3, 0.4) is 0 Å². The van der Waals surface area contributed by atoms with Crippen molar-refractivity contribution >= 4 is 11.8 Å². The summed E-state index contributed by atoms with van der Waals surface area (Å²) >= 11 is 0. The molecule has 0 aliphatic carbocycles. The lowest BCUT2D eigenvalue weighted by molar-refractivity contribution is -0.145. The molecule has 0 saturated heterocycles. The number of hydrogen-bond donors (Lipinski definition) is 1. The Morgan fingerprint density at radius 3 is 2.21 bits per heavy atom. The van der Waals surface area contributed by atoms with E-state index >= 15 is 0 Å². The van der Waals surface area contributed by atoms with Crippen LogP contribution < -0.4 is 5.32 Å². The Morgan fingerprint density at radius 2 is 1.62 bits per heavy atom. The maximum absolute atomic E-state index is 12.2. The van der Waals surface area contributed by atoms with Crippen molar-refractivity contribution in [2.45, 2.75) is 32.9 Å². The Morgan fingerprint density at radius 1 is 1.00 bits per heavy atom. The minimum Gasteiger partial charge on any atom is -0.341 e. The molecule has 1 unspecified atom stereocenters. The van der Waals surface area contributed by atoms with E-state index in [4.69, 9.17) is 0 Å². The maximum Gasteiger partial charge on any atom is 0.311 e. The van der Waals surface area contributed by atoms with E-state index in [1.54, 1.807) is 7.05 Å². The summed E-state index contributed by atoms with van der Waals surface area (Å²) in [6.07, 6.45) is 0.976. The van der Waals surface area contributed by atoms with Gasteiger partial charge >= 0.3 is 11.8 Å². The SMILES string of the molecule is CCc1ccc(C(C)NC(=O)C(=O)N(C)Cc2ccccc2)cc1. The van der Waals surface area contributed by atoms with Gasteiger partial charge < -0.3 is 10.2 Å². The number of nitrogens with zero attached hydrogens (tertiary/aromatic N) is 1. The second kappa shape index (κ2) is 8.29. The molecular weight excluding hydrogens is 300 g/mol. The Kier molecular flexibility index (Phi) is 6.13. The highest BCUT2D eigenvalue weighted by Crippen LogP contribution is 2.14. The van der Waals surface area contributed by atoms with E-state index in [1.165, 1.54) is 10.5 Å². The van der Waals surface area contributed by atoms with Crippen molar-refractivity contribution in [1.29, 1.82) is 0 Å². The summed E-state index contributed by atoms with van der Waals surface area (Å²) in [5.41, 5.74) is 3.22. The van der Waals surface area contributed by atoms with Gasteiger partial charge in [0.1, 0.15) is 0 Å². The second-order valence-electron chi connectivity index (χ2n) is 5.94. The lowest BCUT2D eigenvalue weighted by atomic mass is 10.0. The van der Waals surface area contributed by atoms with E-state index in [-0.39, 0.29) is 6.04 Å². The normalized spacial score (nSPS) is 11.6. The van der Waals surface area contributed by atoms with Crippen molar-refractivity contribution in [3.63, 3.8) is 0 Å². The van der Waals surface area contributed by atoms with Crippen LogP contribution in [-0.4, -0.2) is 23.8 Å². The minimum atomic E-state index is -0.583. The van der Waals surface area contributed by atoms with Gasteiger partial charge in [-0.3, -0.25) is 9.59 Å². The predicted octanol–water partition coefficient (Wildman–Crippen LogP) is 3.08. The van der Waals surface area contributed by atoms with E-state index in [1.807, 2.05) is 61.5 Å². The summed E-state index contributed by atoms with van der Waals surface area (Å²) in [5.74, 6) is -1.11. The summed E-state index contributed by atoms with van der Waals surface area (Å²) in [6, 6.07) is 17.5. The number of rotatable bonds is 5. The van der Waals surface area contributed by atoms with Crippen LogP contribution in [0.1, 0.15) is 36.6 Å². The summed E-state index contributed by atoms with van der Waals surface area (Å²) < 4.78 is 0. The zero-order valence-corrected chi connectivity index (χ0v) is 14.5. The zero-order valence-electron chi connectivity index (χ0n) is 14.5. The van der Waals surface area contributed by atoms with Crippen LogP contribution in [0.4, 0.5) is 0 Å². The van der Waals surface area contributed by atoms with Gasteiger partial charge in [-0.1, -0.05) is 61.5 Å². The standard InChI is InChI=1S/C20H24N2O2/c1-4-16-10-12-18(13-11-16)15(2)21-19(23)20(24)22(3)14-17-8-6-5-7-9-17/h5-13,15H,4,14H2,1-3H3,(H,21,23). The summed E-state index contributed by atoms with van der Waals surface area (Å²) in [7, 11) is 1.63. The predicted molar refractivity (Wildman–Crippen MR) is 95.3 cm³/mol. The quantitative estimate of drug-likeness (QED) is 0.859. The monoisotopic (exact) mass is 324 g/mol. The average molecular weight is 324 g/mol. The molecule has 2 aromatic carbocycles. The molecule has 0 heterocycles. The third kappa shape index (κ3) is 4.69. The van der Waals surface area contributed by atoms with Gasteiger partial charge in [0.25, 0.3) is 0 Å². The van der Waals surface area contributed by atoms with E-state index in [9.17, 15) is 9.59 Å². The third-order valence-electron chi connectivity index (χ3n) is 4.04. The molecule has 0 bridgehead atoms. The van der Waals surface area contributed by atoms with Gasteiger partial charge in [0, 0.05) is 13.6 Å². The molecule has 2 aromatic rings. The smallest absolute Gasteiger partial charge is 0.311 e. The molecule has 1 N–H and O–H groups in total. The van der Waals surface area contributed by atoms with Crippen molar-refractivity contribution in [2.24, 2.45) is 0 Å².